The van der Waals surface area contributed by atoms with Crippen LogP contribution in [0.4, 0.5) is 9.70 Å². The average molecular weight is 306 g/mol. The molecule has 0 bridgehead atoms. The second kappa shape index (κ2) is 4.63. The van der Waals surface area contributed by atoms with Gasteiger partial charge in [-0.1, -0.05) is 5.16 Å². The minimum Gasteiger partial charge on any atom is -0.363 e. The van der Waals surface area contributed by atoms with Crippen LogP contribution >= 0.6 is 0 Å². The summed E-state index contributed by atoms with van der Waals surface area (Å²) in [6.07, 6.45) is 1.18. The molecule has 2 aromatic rings. The highest BCUT2D eigenvalue weighted by Gasteiger charge is 2.18. The molecule has 0 spiro atoms. The van der Waals surface area contributed by atoms with Gasteiger partial charge in [0.15, 0.2) is 5.82 Å². The van der Waals surface area contributed by atoms with Gasteiger partial charge in [-0.15, -0.1) is 3.89 Å². The molecule has 10 heteroatoms. The molecular formula is C9H7FN2O5S2. The number of hydrogen-bond donors (Lipinski definition) is 1. The Labute approximate surface area is 108 Å². The first-order valence-corrected chi connectivity index (χ1v) is 7.64. The zero-order valence-corrected chi connectivity index (χ0v) is 10.8. The van der Waals surface area contributed by atoms with E-state index in [-0.39, 0.29) is 10.7 Å². The summed E-state index contributed by atoms with van der Waals surface area (Å²) in [5.74, 6) is -0.0258. The lowest BCUT2D eigenvalue weighted by Crippen LogP contribution is -2.13. The van der Waals surface area contributed by atoms with E-state index in [4.69, 9.17) is 0 Å². The quantitative estimate of drug-likeness (QED) is 0.849. The first-order chi connectivity index (χ1) is 8.79. The molecule has 1 N–H and O–H groups in total. The fourth-order valence-corrected chi connectivity index (χ4v) is 2.70. The SMILES string of the molecule is O=S(=O)(F)c1ccc(S(=O)(=O)Nc2ccon2)cc1. The maximum absolute atomic E-state index is 12.6. The molecule has 0 saturated carbocycles. The first-order valence-electron chi connectivity index (χ1n) is 4.77. The van der Waals surface area contributed by atoms with E-state index in [1.54, 1.807) is 0 Å². The Morgan fingerprint density at radius 3 is 2.05 bits per heavy atom. The fraction of sp³-hybridized carbons (Fsp3) is 0. The van der Waals surface area contributed by atoms with Crippen molar-refractivity contribution in [3.63, 3.8) is 0 Å². The van der Waals surface area contributed by atoms with Crippen molar-refractivity contribution in [3.05, 3.63) is 36.6 Å². The van der Waals surface area contributed by atoms with Crippen molar-refractivity contribution in [1.29, 1.82) is 0 Å². The van der Waals surface area contributed by atoms with Crippen molar-refractivity contribution in [1.82, 2.24) is 5.16 Å². The molecule has 0 amide bonds. The van der Waals surface area contributed by atoms with Crippen LogP contribution in [0, 0.1) is 0 Å². The molecule has 0 aliphatic heterocycles. The van der Waals surface area contributed by atoms with E-state index in [1.807, 2.05) is 0 Å². The van der Waals surface area contributed by atoms with Gasteiger partial charge in [-0.2, -0.15) is 8.42 Å². The third-order valence-corrected chi connectivity index (χ3v) is 4.30. The average Bonchev–Trinajstić information content (AvgIpc) is 2.80. The van der Waals surface area contributed by atoms with Crippen LogP contribution in [-0.2, 0) is 20.2 Å². The van der Waals surface area contributed by atoms with E-state index < -0.39 is 25.1 Å². The van der Waals surface area contributed by atoms with Crippen LogP contribution in [0.2, 0.25) is 0 Å². The Balaban J connectivity index is 2.32. The highest BCUT2D eigenvalue weighted by Crippen LogP contribution is 2.18. The first kappa shape index (κ1) is 13.5. The Morgan fingerprint density at radius 2 is 1.58 bits per heavy atom. The lowest BCUT2D eigenvalue weighted by atomic mass is 10.4. The summed E-state index contributed by atoms with van der Waals surface area (Å²) in [4.78, 5) is -0.851. The Bertz CT molecular complexity index is 767. The summed E-state index contributed by atoms with van der Waals surface area (Å²) in [6.45, 7) is 0. The maximum Gasteiger partial charge on any atom is 0.332 e. The summed E-state index contributed by atoms with van der Waals surface area (Å²) >= 11 is 0. The monoisotopic (exact) mass is 306 g/mol. The molecule has 0 aliphatic carbocycles. The van der Waals surface area contributed by atoms with Crippen LogP contribution in [-0.4, -0.2) is 22.0 Å². The van der Waals surface area contributed by atoms with E-state index in [9.17, 15) is 20.7 Å². The standard InChI is InChI=1S/C9H7FN2O5S2/c10-18(13,14)7-1-3-8(4-2-7)19(15,16)12-9-5-6-17-11-9/h1-6H,(H,11,12). The normalized spacial score (nSPS) is 12.3. The number of benzene rings is 1. The van der Waals surface area contributed by atoms with Crippen LogP contribution < -0.4 is 4.72 Å². The highest BCUT2D eigenvalue weighted by molar-refractivity contribution is 7.92. The largest absolute Gasteiger partial charge is 0.363 e. The number of rotatable bonds is 4. The van der Waals surface area contributed by atoms with Gasteiger partial charge >= 0.3 is 10.2 Å². The van der Waals surface area contributed by atoms with Gasteiger partial charge in [0.25, 0.3) is 10.0 Å². The van der Waals surface area contributed by atoms with E-state index in [0.29, 0.717) is 0 Å². The molecule has 1 aromatic carbocycles. The molecule has 1 aromatic heterocycles. The van der Waals surface area contributed by atoms with Gasteiger partial charge in [-0.05, 0) is 24.3 Å². The number of nitrogens with zero attached hydrogens (tertiary/aromatic N) is 1. The molecule has 2 rings (SSSR count). The van der Waals surface area contributed by atoms with E-state index in [0.717, 1.165) is 24.3 Å². The van der Waals surface area contributed by atoms with Gasteiger partial charge < -0.3 is 4.52 Å². The second-order valence-electron chi connectivity index (χ2n) is 3.40. The summed E-state index contributed by atoms with van der Waals surface area (Å²) in [7, 11) is -8.79. The second-order valence-corrected chi connectivity index (χ2v) is 6.43. The van der Waals surface area contributed by atoms with Crippen LogP contribution in [0.1, 0.15) is 0 Å². The van der Waals surface area contributed by atoms with E-state index >= 15 is 0 Å². The number of sulfonamides is 1. The predicted octanol–water partition coefficient (Wildman–Crippen LogP) is 1.13. The molecular weight excluding hydrogens is 299 g/mol. The Hall–Kier alpha value is -1.94. The van der Waals surface area contributed by atoms with Gasteiger partial charge in [-0.3, -0.25) is 4.72 Å². The van der Waals surface area contributed by atoms with Crippen LogP contribution in [0.5, 0.6) is 0 Å². The minimum absolute atomic E-state index is 0.0258. The third-order valence-electron chi connectivity index (χ3n) is 2.09. The smallest absolute Gasteiger partial charge is 0.332 e. The number of hydrogen-bond acceptors (Lipinski definition) is 6. The molecule has 19 heavy (non-hydrogen) atoms. The predicted molar refractivity (Wildman–Crippen MR) is 62.0 cm³/mol. The molecule has 0 fully saturated rings. The molecule has 1 heterocycles. The molecule has 0 saturated heterocycles. The van der Waals surface area contributed by atoms with Gasteiger partial charge in [0.2, 0.25) is 0 Å². The Kier molecular flexibility index (Phi) is 3.28. The molecule has 0 atom stereocenters. The van der Waals surface area contributed by atoms with Gasteiger partial charge in [0, 0.05) is 6.07 Å². The zero-order chi connectivity index (χ0) is 14.1. The lowest BCUT2D eigenvalue weighted by molar-refractivity contribution is 0.423. The van der Waals surface area contributed by atoms with Crippen LogP contribution in [0.3, 0.4) is 0 Å². The number of nitrogens with one attached hydrogen (secondary N) is 1. The minimum atomic E-state index is -4.86. The topological polar surface area (TPSA) is 106 Å². The molecule has 7 nitrogen and oxygen atoms in total. The van der Waals surface area contributed by atoms with Crippen molar-refractivity contribution in [2.75, 3.05) is 4.72 Å². The lowest BCUT2D eigenvalue weighted by Gasteiger charge is -2.04. The number of anilines is 1. The maximum atomic E-state index is 12.6. The van der Waals surface area contributed by atoms with E-state index in [1.165, 1.54) is 12.3 Å². The van der Waals surface area contributed by atoms with Crippen molar-refractivity contribution >= 4 is 26.1 Å². The summed E-state index contributed by atoms with van der Waals surface area (Å²) in [5, 5.41) is 3.36. The van der Waals surface area contributed by atoms with Crippen LogP contribution in [0.15, 0.2) is 50.9 Å². The molecule has 0 unspecified atom stereocenters. The fourth-order valence-electron chi connectivity index (χ4n) is 1.24. The number of aromatic nitrogens is 1. The summed E-state index contributed by atoms with van der Waals surface area (Å²) < 4.78 is 64.0. The number of halogens is 1. The van der Waals surface area contributed by atoms with Crippen LogP contribution in [0.25, 0.3) is 0 Å². The Morgan fingerprint density at radius 1 is 1.00 bits per heavy atom. The summed E-state index contributed by atoms with van der Waals surface area (Å²) in [6, 6.07) is 4.93. The molecule has 0 aliphatic rings. The molecule has 102 valence electrons. The van der Waals surface area contributed by atoms with Gasteiger partial charge in [0.1, 0.15) is 6.26 Å². The van der Waals surface area contributed by atoms with Gasteiger partial charge in [0.05, 0.1) is 9.79 Å². The summed E-state index contributed by atoms with van der Waals surface area (Å²) in [5.41, 5.74) is 0. The highest BCUT2D eigenvalue weighted by atomic mass is 32.3. The zero-order valence-electron chi connectivity index (χ0n) is 9.15. The van der Waals surface area contributed by atoms with Crippen molar-refractivity contribution < 1.29 is 25.2 Å². The van der Waals surface area contributed by atoms with Gasteiger partial charge in [-0.25, -0.2) is 8.42 Å². The van der Waals surface area contributed by atoms with Crippen molar-refractivity contribution in [2.45, 2.75) is 9.79 Å². The molecule has 0 radical (unpaired) electrons. The van der Waals surface area contributed by atoms with E-state index in [2.05, 4.69) is 14.4 Å². The third kappa shape index (κ3) is 3.09. The van der Waals surface area contributed by atoms with Crippen molar-refractivity contribution in [3.8, 4) is 0 Å². The van der Waals surface area contributed by atoms with Crippen molar-refractivity contribution in [2.24, 2.45) is 0 Å².